The van der Waals surface area contributed by atoms with Crippen LogP contribution in [0.2, 0.25) is 5.02 Å². The van der Waals surface area contributed by atoms with Crippen LogP contribution in [0.3, 0.4) is 0 Å². The minimum absolute atomic E-state index is 0.217. The lowest BCUT2D eigenvalue weighted by atomic mass is 9.93. The van der Waals surface area contributed by atoms with Gasteiger partial charge in [-0.2, -0.15) is 0 Å². The second kappa shape index (κ2) is 4.17. The van der Waals surface area contributed by atoms with Crippen LogP contribution in [0.4, 0.5) is 0 Å². The smallest absolute Gasteiger partial charge is 0.0802 e. The average molecular weight is 250 g/mol. The molecular weight excluding hydrogens is 232 g/mol. The highest BCUT2D eigenvalue weighted by atomic mass is 35.5. The zero-order valence-corrected chi connectivity index (χ0v) is 9.67. The molecule has 0 unspecified atom stereocenters. The first-order chi connectivity index (χ1) is 10.3. The van der Waals surface area contributed by atoms with Crippen LogP contribution in [0.5, 0.6) is 0 Å². The zero-order valence-electron chi connectivity index (χ0n) is 13.9. The summed E-state index contributed by atoms with van der Waals surface area (Å²) < 4.78 is 39.3. The molecule has 1 aliphatic rings. The maximum absolute atomic E-state index is 10.2. The lowest BCUT2D eigenvalue weighted by molar-refractivity contribution is 0.176. The van der Waals surface area contributed by atoms with E-state index in [0.29, 0.717) is 10.6 Å². The molecule has 17 heavy (non-hydrogen) atoms. The molecule has 2 atom stereocenters. The van der Waals surface area contributed by atoms with Gasteiger partial charge < -0.3 is 5.11 Å². The third kappa shape index (κ3) is 1.86. The van der Waals surface area contributed by atoms with E-state index in [0.717, 1.165) is 5.56 Å². The van der Waals surface area contributed by atoms with Crippen molar-refractivity contribution in [1.82, 2.24) is 0 Å². The van der Waals surface area contributed by atoms with E-state index in [4.69, 9.17) is 18.5 Å². The summed E-state index contributed by atoms with van der Waals surface area (Å²) in [5, 5.41) is 10.7. The second-order valence-corrected chi connectivity index (χ2v) is 4.55. The van der Waals surface area contributed by atoms with Crippen molar-refractivity contribution >= 4 is 11.6 Å². The van der Waals surface area contributed by atoms with Crippen molar-refractivity contribution < 1.29 is 12.0 Å². The molecule has 0 heterocycles. The number of rotatable bonds is 1. The van der Waals surface area contributed by atoms with Crippen LogP contribution in [0.15, 0.2) is 48.4 Å². The highest BCUT2D eigenvalue weighted by Gasteiger charge is 2.30. The quantitative estimate of drug-likeness (QED) is 0.813. The Bertz CT molecular complexity index is 748. The van der Waals surface area contributed by atoms with Gasteiger partial charge in [0.15, 0.2) is 0 Å². The van der Waals surface area contributed by atoms with Crippen LogP contribution in [0.1, 0.15) is 42.0 Å². The number of aliphatic hydroxyl groups is 1. The van der Waals surface area contributed by atoms with Gasteiger partial charge in [-0.15, -0.1) is 0 Å². The molecule has 0 aliphatic heterocycles. The van der Waals surface area contributed by atoms with E-state index in [1.807, 2.05) is 0 Å². The van der Waals surface area contributed by atoms with Gasteiger partial charge in [0.05, 0.1) is 13.0 Å². The minimum atomic E-state index is -0.753. The second-order valence-electron chi connectivity index (χ2n) is 4.12. The minimum Gasteiger partial charge on any atom is -0.388 e. The van der Waals surface area contributed by atoms with Crippen molar-refractivity contribution in [2.75, 3.05) is 0 Å². The molecule has 0 saturated heterocycles. The zero-order chi connectivity index (χ0) is 16.2. The van der Waals surface area contributed by atoms with Crippen molar-refractivity contribution in [1.29, 1.82) is 0 Å². The SMILES string of the molecule is [2H]c1c([2H])c([2H])c([C@@H]2C[C@H](O)c3cc(Cl)ccc32)c([2H])c1[2H]. The summed E-state index contributed by atoms with van der Waals surface area (Å²) in [5.41, 5.74) is 1.64. The van der Waals surface area contributed by atoms with Crippen molar-refractivity contribution in [3.63, 3.8) is 0 Å². The van der Waals surface area contributed by atoms with Gasteiger partial charge in [-0.05, 0) is 35.2 Å². The number of hydrogen-bond acceptors (Lipinski definition) is 1. The third-order valence-corrected chi connectivity index (χ3v) is 3.35. The van der Waals surface area contributed by atoms with Gasteiger partial charge >= 0.3 is 0 Å². The molecule has 0 fully saturated rings. The predicted octanol–water partition coefficient (Wildman–Crippen LogP) is 3.91. The van der Waals surface area contributed by atoms with E-state index >= 15 is 0 Å². The van der Waals surface area contributed by atoms with E-state index in [1.54, 1.807) is 18.2 Å². The molecule has 3 rings (SSSR count). The van der Waals surface area contributed by atoms with Gasteiger partial charge in [0.2, 0.25) is 0 Å². The number of halogens is 1. The molecule has 0 saturated carbocycles. The lowest BCUT2D eigenvalue weighted by Crippen LogP contribution is -1.95. The lowest BCUT2D eigenvalue weighted by Gasteiger charge is -2.11. The summed E-state index contributed by atoms with van der Waals surface area (Å²) in [6.07, 6.45) is -0.472. The van der Waals surface area contributed by atoms with Crippen LogP contribution in [0, 0.1) is 0 Å². The van der Waals surface area contributed by atoms with E-state index < -0.39 is 18.1 Å². The Morgan fingerprint density at radius 1 is 1.18 bits per heavy atom. The summed E-state index contributed by atoms with van der Waals surface area (Å²) in [6, 6.07) is 3.54. The molecule has 0 amide bonds. The fraction of sp³-hybridized carbons (Fsp3) is 0.200. The molecule has 0 bridgehead atoms. The van der Waals surface area contributed by atoms with Gasteiger partial charge in [0.25, 0.3) is 0 Å². The Kier molecular flexibility index (Phi) is 1.61. The topological polar surface area (TPSA) is 20.2 Å². The normalized spacial score (nSPS) is 26.6. The number of benzene rings is 2. The number of fused-ring (bicyclic) bond motifs is 1. The van der Waals surface area contributed by atoms with Gasteiger partial charge in [-0.25, -0.2) is 0 Å². The molecule has 0 spiro atoms. The maximum Gasteiger partial charge on any atom is 0.0802 e. The molecular formula is C15H13ClO. The van der Waals surface area contributed by atoms with E-state index in [9.17, 15) is 5.11 Å². The van der Waals surface area contributed by atoms with Gasteiger partial charge in [-0.3, -0.25) is 0 Å². The van der Waals surface area contributed by atoms with Crippen LogP contribution >= 0.6 is 11.6 Å². The molecule has 2 aromatic carbocycles. The van der Waals surface area contributed by atoms with Crippen molar-refractivity contribution in [2.45, 2.75) is 18.4 Å². The third-order valence-electron chi connectivity index (χ3n) is 3.11. The Labute approximate surface area is 113 Å². The fourth-order valence-corrected chi connectivity index (χ4v) is 2.52. The average Bonchev–Trinajstić information content (AvgIpc) is 2.80. The van der Waals surface area contributed by atoms with E-state index in [2.05, 4.69) is 0 Å². The first-order valence-corrected chi connectivity index (χ1v) is 5.75. The monoisotopic (exact) mass is 249 g/mol. The summed E-state index contributed by atoms with van der Waals surface area (Å²) in [7, 11) is 0. The molecule has 2 heteroatoms. The highest BCUT2D eigenvalue weighted by molar-refractivity contribution is 6.30. The van der Waals surface area contributed by atoms with Crippen molar-refractivity contribution in [2.24, 2.45) is 0 Å². The van der Waals surface area contributed by atoms with Gasteiger partial charge in [0, 0.05) is 10.9 Å². The maximum atomic E-state index is 10.2. The van der Waals surface area contributed by atoms with Gasteiger partial charge in [0.1, 0.15) is 0 Å². The van der Waals surface area contributed by atoms with E-state index in [1.165, 1.54) is 0 Å². The molecule has 86 valence electrons. The van der Waals surface area contributed by atoms with Crippen LogP contribution in [-0.2, 0) is 0 Å². The predicted molar refractivity (Wildman–Crippen MR) is 69.3 cm³/mol. The Morgan fingerprint density at radius 3 is 2.71 bits per heavy atom. The van der Waals surface area contributed by atoms with Crippen LogP contribution in [-0.4, -0.2) is 5.11 Å². The number of hydrogen-bond donors (Lipinski definition) is 1. The molecule has 0 radical (unpaired) electrons. The number of aliphatic hydroxyl groups excluding tert-OH is 1. The van der Waals surface area contributed by atoms with Crippen molar-refractivity contribution in [3.8, 4) is 0 Å². The van der Waals surface area contributed by atoms with Crippen LogP contribution in [0.25, 0.3) is 0 Å². The molecule has 1 aliphatic carbocycles. The summed E-state index contributed by atoms with van der Waals surface area (Å²) in [5.74, 6) is -0.434. The Balaban J connectivity index is 2.23. The summed E-state index contributed by atoms with van der Waals surface area (Å²) in [4.78, 5) is 0. The van der Waals surface area contributed by atoms with Gasteiger partial charge in [-0.1, -0.05) is 47.9 Å². The summed E-state index contributed by atoms with van der Waals surface area (Å²) in [6.45, 7) is 0. The largest absolute Gasteiger partial charge is 0.388 e. The molecule has 2 aromatic rings. The van der Waals surface area contributed by atoms with Crippen molar-refractivity contribution in [3.05, 3.63) is 70.1 Å². The van der Waals surface area contributed by atoms with Crippen LogP contribution < -0.4 is 0 Å². The fourth-order valence-electron chi connectivity index (χ4n) is 2.34. The first-order valence-electron chi connectivity index (χ1n) is 7.87. The highest BCUT2D eigenvalue weighted by Crippen LogP contribution is 2.44. The Morgan fingerprint density at radius 2 is 1.94 bits per heavy atom. The molecule has 1 N–H and O–H groups in total. The van der Waals surface area contributed by atoms with E-state index in [-0.39, 0.29) is 36.2 Å². The first kappa shape index (κ1) is 6.58. The molecule has 0 aromatic heterocycles. The standard InChI is InChI=1S/C15H13ClO/c16-11-6-7-12-13(9-15(17)14(12)8-11)10-4-2-1-3-5-10/h1-8,13,15,17H,9H2/t13-,15-/m0/s1/i1D,2D,3D,4D,5D. The molecule has 1 nitrogen and oxygen atoms in total. The Hall–Kier alpha value is -1.31. The summed E-state index contributed by atoms with van der Waals surface area (Å²) >= 11 is 5.95.